The number of fused-ring (bicyclic) bond motifs is 6. The molecular formula is C30H33FN8O2. The Labute approximate surface area is 235 Å². The van der Waals surface area contributed by atoms with Crippen LogP contribution in [-0.2, 0) is 20.5 Å². The Bertz CT molecular complexity index is 1960. The number of rotatable bonds is 4. The monoisotopic (exact) mass is 556 g/mol. The molecule has 1 aliphatic carbocycles. The smallest absolute Gasteiger partial charge is 0.298 e. The summed E-state index contributed by atoms with van der Waals surface area (Å²) in [6.07, 6.45) is 8.54. The minimum Gasteiger partial charge on any atom is -0.463 e. The lowest BCUT2D eigenvalue weighted by Gasteiger charge is -2.30. The van der Waals surface area contributed by atoms with Gasteiger partial charge in [-0.3, -0.25) is 24.5 Å². The van der Waals surface area contributed by atoms with Crippen molar-refractivity contribution in [1.29, 1.82) is 0 Å². The van der Waals surface area contributed by atoms with Gasteiger partial charge in [-0.25, -0.2) is 4.39 Å². The first kappa shape index (κ1) is 24.8. The lowest BCUT2D eigenvalue weighted by atomic mass is 9.79. The molecule has 10 nitrogen and oxygen atoms in total. The van der Waals surface area contributed by atoms with E-state index in [9.17, 15) is 9.18 Å². The molecule has 2 aliphatic heterocycles. The number of aromatic amines is 2. The number of nitrogens with zero attached hydrogens (tertiary/aromatic N) is 6. The third kappa shape index (κ3) is 3.44. The highest BCUT2D eigenvalue weighted by atomic mass is 19.1. The Kier molecular flexibility index (Phi) is 5.29. The summed E-state index contributed by atoms with van der Waals surface area (Å²) in [6, 6.07) is 2.42. The lowest BCUT2D eigenvalue weighted by Crippen LogP contribution is -2.43. The van der Waals surface area contributed by atoms with Crippen molar-refractivity contribution in [3.8, 4) is 17.3 Å². The number of ether oxygens (including phenoxy) is 1. The molecule has 5 aromatic rings. The van der Waals surface area contributed by atoms with Crippen molar-refractivity contribution in [2.45, 2.75) is 56.9 Å². The highest BCUT2D eigenvalue weighted by molar-refractivity contribution is 6.12. The molecule has 4 aromatic heterocycles. The summed E-state index contributed by atoms with van der Waals surface area (Å²) in [5.41, 5.74) is 7.99. The lowest BCUT2D eigenvalue weighted by molar-refractivity contribution is 0.107. The molecular weight excluding hydrogens is 523 g/mol. The molecule has 2 atom stereocenters. The zero-order chi connectivity index (χ0) is 28.0. The molecule has 8 rings (SSSR count). The number of halogens is 1. The Morgan fingerprint density at radius 2 is 2.15 bits per heavy atom. The van der Waals surface area contributed by atoms with Gasteiger partial charge in [-0.05, 0) is 73.8 Å². The van der Waals surface area contributed by atoms with Gasteiger partial charge in [-0.1, -0.05) is 6.92 Å². The molecule has 1 aromatic carbocycles. The van der Waals surface area contributed by atoms with E-state index in [0.717, 1.165) is 83.7 Å². The molecule has 6 heterocycles. The van der Waals surface area contributed by atoms with E-state index in [2.05, 4.69) is 33.1 Å². The molecule has 0 radical (unpaired) electrons. The maximum absolute atomic E-state index is 13.6. The Hall–Kier alpha value is -3.99. The number of benzene rings is 1. The van der Waals surface area contributed by atoms with Gasteiger partial charge in [0.25, 0.3) is 11.6 Å². The van der Waals surface area contributed by atoms with Crippen LogP contribution in [0.25, 0.3) is 44.2 Å². The van der Waals surface area contributed by atoms with E-state index in [0.29, 0.717) is 36.5 Å². The predicted octanol–water partition coefficient (Wildman–Crippen LogP) is 4.60. The van der Waals surface area contributed by atoms with Crippen molar-refractivity contribution < 1.29 is 9.13 Å². The Morgan fingerprint density at radius 3 is 3.00 bits per heavy atom. The van der Waals surface area contributed by atoms with Crippen LogP contribution in [0.1, 0.15) is 56.1 Å². The second-order valence-electron chi connectivity index (χ2n) is 12.2. The van der Waals surface area contributed by atoms with Crippen molar-refractivity contribution in [1.82, 2.24) is 39.4 Å². The number of aromatic nitrogens is 7. The maximum atomic E-state index is 13.6. The quantitative estimate of drug-likeness (QED) is 0.335. The molecule has 41 heavy (non-hydrogen) atoms. The Morgan fingerprint density at radius 1 is 1.27 bits per heavy atom. The van der Waals surface area contributed by atoms with Crippen LogP contribution in [0, 0.1) is 0 Å². The van der Waals surface area contributed by atoms with Crippen molar-refractivity contribution in [3.05, 3.63) is 45.6 Å². The normalized spacial score (nSPS) is 23.8. The second-order valence-corrected chi connectivity index (χ2v) is 12.2. The summed E-state index contributed by atoms with van der Waals surface area (Å²) in [5.74, 6) is 0.388. The zero-order valence-corrected chi connectivity index (χ0v) is 23.6. The third-order valence-corrected chi connectivity index (χ3v) is 9.80. The summed E-state index contributed by atoms with van der Waals surface area (Å²) in [4.78, 5) is 23.6. The van der Waals surface area contributed by atoms with Gasteiger partial charge in [0, 0.05) is 31.6 Å². The number of hydrogen-bond donors (Lipinski definition) is 2. The van der Waals surface area contributed by atoms with E-state index in [4.69, 9.17) is 14.8 Å². The molecule has 11 heteroatoms. The van der Waals surface area contributed by atoms with Gasteiger partial charge < -0.3 is 9.30 Å². The topological polar surface area (TPSA) is 110 Å². The van der Waals surface area contributed by atoms with Crippen LogP contribution in [0.3, 0.4) is 0 Å². The van der Waals surface area contributed by atoms with Crippen molar-refractivity contribution in [2.24, 2.45) is 14.1 Å². The van der Waals surface area contributed by atoms with E-state index in [1.165, 1.54) is 11.1 Å². The summed E-state index contributed by atoms with van der Waals surface area (Å²) < 4.78 is 23.3. The first-order chi connectivity index (χ1) is 19.9. The molecule has 0 unspecified atom stereocenters. The summed E-state index contributed by atoms with van der Waals surface area (Å²) >= 11 is 0. The molecule has 2 fully saturated rings. The molecule has 0 bridgehead atoms. The van der Waals surface area contributed by atoms with Gasteiger partial charge in [0.15, 0.2) is 5.65 Å². The molecule has 2 saturated heterocycles. The fourth-order valence-electron chi connectivity index (χ4n) is 7.94. The van der Waals surface area contributed by atoms with Crippen LogP contribution in [0.5, 0.6) is 6.01 Å². The van der Waals surface area contributed by atoms with Crippen molar-refractivity contribution in [2.75, 3.05) is 19.7 Å². The van der Waals surface area contributed by atoms with Crippen molar-refractivity contribution >= 4 is 33.0 Å². The van der Waals surface area contributed by atoms with Crippen LogP contribution in [-0.4, -0.2) is 64.6 Å². The van der Waals surface area contributed by atoms with Crippen LogP contribution < -0.4 is 10.3 Å². The highest BCUT2D eigenvalue weighted by Crippen LogP contribution is 2.45. The summed E-state index contributed by atoms with van der Waals surface area (Å²) in [6.45, 7) is 4.19. The maximum Gasteiger partial charge on any atom is 0.298 e. The van der Waals surface area contributed by atoms with Gasteiger partial charge in [-0.15, -0.1) is 0 Å². The van der Waals surface area contributed by atoms with E-state index in [1.54, 1.807) is 4.68 Å². The Balaban J connectivity index is 1.28. The second kappa shape index (κ2) is 8.75. The highest BCUT2D eigenvalue weighted by Gasteiger charge is 2.47. The fourth-order valence-corrected chi connectivity index (χ4v) is 7.94. The first-order valence-corrected chi connectivity index (χ1v) is 14.5. The molecule has 0 saturated carbocycles. The average Bonchev–Trinajstić information content (AvgIpc) is 3.75. The summed E-state index contributed by atoms with van der Waals surface area (Å²) in [7, 11) is 3.81. The van der Waals surface area contributed by atoms with Gasteiger partial charge >= 0.3 is 0 Å². The van der Waals surface area contributed by atoms with Crippen molar-refractivity contribution in [3.63, 3.8) is 0 Å². The molecule has 3 aliphatic rings. The number of nitrogens with one attached hydrogen (secondary N) is 2. The zero-order valence-electron chi connectivity index (χ0n) is 23.6. The van der Waals surface area contributed by atoms with Crippen LogP contribution >= 0.6 is 0 Å². The predicted molar refractivity (Wildman–Crippen MR) is 155 cm³/mol. The first-order valence-electron chi connectivity index (χ1n) is 14.5. The van der Waals surface area contributed by atoms with Crippen LogP contribution in [0.15, 0.2) is 29.0 Å². The van der Waals surface area contributed by atoms with Crippen LogP contribution in [0.2, 0.25) is 0 Å². The molecule has 0 spiro atoms. The van der Waals surface area contributed by atoms with Gasteiger partial charge in [0.1, 0.15) is 23.2 Å². The van der Waals surface area contributed by atoms with Gasteiger partial charge in [0.2, 0.25) is 0 Å². The third-order valence-electron chi connectivity index (χ3n) is 9.80. The minimum absolute atomic E-state index is 0.185. The number of H-pyrrole nitrogens is 2. The molecule has 212 valence electrons. The van der Waals surface area contributed by atoms with E-state index < -0.39 is 0 Å². The number of aryl methyl sites for hydroxylation is 3. The SMILES string of the molecule is C[C@@H]1CCCc2cc3[nH]ncc3c(-c3nn(C)c4c5c(=O)[nH]c(OC[C@@]67CCCN6C/C(=C\F)C7)nc5n(C)c34)c21. The standard InChI is InChI=1S/C30H33FN8O2/c1-16-6-4-7-18-10-20-19(13-32-35-20)22(21(16)18)24-26-25(38(3)36-24)23-27(37(26)2)33-29(34-28(23)40)41-15-30-8-5-9-39(30)14-17(11-30)12-31/h10,12-13,16H,4-9,11,14-15H2,1-3H3,(H,32,35)(H,33,34,40)/b17-12-/t16-,30+/m1/s1. The van der Waals surface area contributed by atoms with E-state index in [-0.39, 0.29) is 17.1 Å². The van der Waals surface area contributed by atoms with E-state index >= 15 is 0 Å². The molecule has 2 N–H and O–H groups in total. The number of hydrogen-bond acceptors (Lipinski definition) is 6. The molecule has 0 amide bonds. The summed E-state index contributed by atoms with van der Waals surface area (Å²) in [5, 5.41) is 14.1. The van der Waals surface area contributed by atoms with E-state index in [1.807, 2.05) is 24.9 Å². The average molecular weight is 557 g/mol. The largest absolute Gasteiger partial charge is 0.463 e. The van der Waals surface area contributed by atoms with Gasteiger partial charge in [0.05, 0.1) is 29.1 Å². The van der Waals surface area contributed by atoms with Crippen LogP contribution in [0.4, 0.5) is 4.39 Å². The van der Waals surface area contributed by atoms with Gasteiger partial charge in [-0.2, -0.15) is 15.2 Å². The fraction of sp³-hybridized carbons (Fsp3) is 0.467. The minimum atomic E-state index is -0.265.